The molecule has 0 saturated heterocycles. The van der Waals surface area contributed by atoms with Gasteiger partial charge in [0, 0.05) is 23.6 Å². The van der Waals surface area contributed by atoms with Gasteiger partial charge in [0.15, 0.2) is 0 Å². The maximum Gasteiger partial charge on any atom is 0.269 e. The van der Waals surface area contributed by atoms with E-state index in [-0.39, 0.29) is 11.6 Å². The lowest BCUT2D eigenvalue weighted by Crippen LogP contribution is -2.30. The lowest BCUT2D eigenvalue weighted by Gasteiger charge is -2.13. The van der Waals surface area contributed by atoms with Crippen LogP contribution in [0.2, 0.25) is 0 Å². The number of rotatable bonds is 8. The number of carbonyl (C=O) groups excluding carboxylic acids is 1. The first-order valence-corrected chi connectivity index (χ1v) is 7.69. The van der Waals surface area contributed by atoms with Crippen LogP contribution in [0.1, 0.15) is 26.7 Å². The third-order valence-electron chi connectivity index (χ3n) is 3.16. The highest BCUT2D eigenvalue weighted by molar-refractivity contribution is 8.00. The normalized spacial score (nSPS) is 10.6. The Labute approximate surface area is 123 Å². The Hall–Kier alpha value is -1.56. The van der Waals surface area contributed by atoms with Crippen LogP contribution in [-0.4, -0.2) is 23.1 Å². The molecule has 1 rings (SSSR count). The lowest BCUT2D eigenvalue weighted by atomic mass is 10.0. The maximum absolute atomic E-state index is 11.7. The number of thioether (sulfide) groups is 1. The highest BCUT2D eigenvalue weighted by Crippen LogP contribution is 2.21. The number of non-ortho nitro benzene ring substituents is 1. The first-order valence-electron chi connectivity index (χ1n) is 6.70. The fourth-order valence-electron chi connectivity index (χ4n) is 1.70. The van der Waals surface area contributed by atoms with Crippen molar-refractivity contribution >= 4 is 23.4 Å². The van der Waals surface area contributed by atoms with Crippen molar-refractivity contribution < 1.29 is 9.72 Å². The number of hydrogen-bond acceptors (Lipinski definition) is 4. The van der Waals surface area contributed by atoms with Crippen LogP contribution in [0, 0.1) is 16.0 Å². The zero-order valence-corrected chi connectivity index (χ0v) is 12.6. The molecular formula is C14H20N2O3S. The van der Waals surface area contributed by atoms with Gasteiger partial charge >= 0.3 is 0 Å². The first-order chi connectivity index (χ1) is 9.56. The van der Waals surface area contributed by atoms with E-state index in [4.69, 9.17) is 0 Å². The van der Waals surface area contributed by atoms with Gasteiger partial charge in [0.1, 0.15) is 0 Å². The van der Waals surface area contributed by atoms with Crippen LogP contribution >= 0.6 is 11.8 Å². The van der Waals surface area contributed by atoms with Crippen molar-refractivity contribution in [3.05, 3.63) is 34.4 Å². The molecule has 0 radical (unpaired) electrons. The van der Waals surface area contributed by atoms with Gasteiger partial charge in [-0.05, 0) is 18.1 Å². The molecule has 0 atom stereocenters. The van der Waals surface area contributed by atoms with Gasteiger partial charge in [-0.2, -0.15) is 0 Å². The van der Waals surface area contributed by atoms with Gasteiger partial charge in [0.2, 0.25) is 5.91 Å². The van der Waals surface area contributed by atoms with Gasteiger partial charge < -0.3 is 5.32 Å². The van der Waals surface area contributed by atoms with Gasteiger partial charge in [0.05, 0.1) is 10.7 Å². The second-order valence-corrected chi connectivity index (χ2v) is 5.58. The average molecular weight is 296 g/mol. The summed E-state index contributed by atoms with van der Waals surface area (Å²) in [6.45, 7) is 4.95. The van der Waals surface area contributed by atoms with Crippen LogP contribution in [0.15, 0.2) is 29.2 Å². The maximum atomic E-state index is 11.7. The molecule has 1 aromatic rings. The van der Waals surface area contributed by atoms with Crippen LogP contribution in [0.25, 0.3) is 0 Å². The lowest BCUT2D eigenvalue weighted by molar-refractivity contribution is -0.384. The molecule has 5 nitrogen and oxygen atoms in total. The summed E-state index contributed by atoms with van der Waals surface area (Å²) >= 11 is 1.38. The van der Waals surface area contributed by atoms with Crippen molar-refractivity contribution in [1.82, 2.24) is 5.32 Å². The van der Waals surface area contributed by atoms with Gasteiger partial charge in [-0.15, -0.1) is 11.8 Å². The van der Waals surface area contributed by atoms with Crippen molar-refractivity contribution in [2.24, 2.45) is 5.92 Å². The summed E-state index contributed by atoms with van der Waals surface area (Å²) in [4.78, 5) is 22.6. The van der Waals surface area contributed by atoms with E-state index in [0.29, 0.717) is 18.2 Å². The Kier molecular flexibility index (Phi) is 7.08. The summed E-state index contributed by atoms with van der Waals surface area (Å²) in [6, 6.07) is 6.23. The largest absolute Gasteiger partial charge is 0.355 e. The summed E-state index contributed by atoms with van der Waals surface area (Å²) < 4.78 is 0. The van der Waals surface area contributed by atoms with Crippen LogP contribution < -0.4 is 5.32 Å². The Morgan fingerprint density at radius 1 is 1.30 bits per heavy atom. The topological polar surface area (TPSA) is 72.2 Å². The molecule has 1 N–H and O–H groups in total. The van der Waals surface area contributed by atoms with Crippen LogP contribution in [-0.2, 0) is 4.79 Å². The summed E-state index contributed by atoms with van der Waals surface area (Å²) in [5.41, 5.74) is 0.0625. The number of nitrogens with one attached hydrogen (secondary N) is 1. The number of hydrogen-bond donors (Lipinski definition) is 1. The Morgan fingerprint density at radius 3 is 2.40 bits per heavy atom. The smallest absolute Gasteiger partial charge is 0.269 e. The Morgan fingerprint density at radius 2 is 1.90 bits per heavy atom. The molecule has 20 heavy (non-hydrogen) atoms. The summed E-state index contributed by atoms with van der Waals surface area (Å²) in [5.74, 6) is 0.862. The molecular weight excluding hydrogens is 276 g/mol. The van der Waals surface area contributed by atoms with Crippen LogP contribution in [0.3, 0.4) is 0 Å². The van der Waals surface area contributed by atoms with Gasteiger partial charge in [-0.1, -0.05) is 26.7 Å². The molecule has 0 aliphatic rings. The summed E-state index contributed by atoms with van der Waals surface area (Å²) in [7, 11) is 0. The highest BCUT2D eigenvalue weighted by Gasteiger charge is 2.08. The first kappa shape index (κ1) is 16.5. The third-order valence-corrected chi connectivity index (χ3v) is 4.17. The van der Waals surface area contributed by atoms with Gasteiger partial charge in [-0.25, -0.2) is 0 Å². The molecule has 0 spiro atoms. The van der Waals surface area contributed by atoms with E-state index in [1.165, 1.54) is 23.9 Å². The molecule has 0 heterocycles. The molecule has 0 aliphatic carbocycles. The van der Waals surface area contributed by atoms with E-state index < -0.39 is 4.92 Å². The summed E-state index contributed by atoms with van der Waals surface area (Å²) in [5, 5.41) is 13.4. The quantitative estimate of drug-likeness (QED) is 0.454. The van der Waals surface area contributed by atoms with E-state index >= 15 is 0 Å². The predicted molar refractivity (Wildman–Crippen MR) is 80.9 cm³/mol. The monoisotopic (exact) mass is 296 g/mol. The number of nitrogens with zero attached hydrogens (tertiary/aromatic N) is 1. The number of amides is 1. The Bertz CT molecular complexity index is 444. The van der Waals surface area contributed by atoms with Crippen molar-refractivity contribution in [3.8, 4) is 0 Å². The second kappa shape index (κ2) is 8.58. The third kappa shape index (κ3) is 5.61. The SMILES string of the molecule is CCC(CC)CNC(=O)CSc1ccc([N+](=O)[O-])cc1. The van der Waals surface area contributed by atoms with E-state index in [9.17, 15) is 14.9 Å². The van der Waals surface area contributed by atoms with E-state index in [1.807, 2.05) is 0 Å². The number of carbonyl (C=O) groups is 1. The molecule has 6 heteroatoms. The van der Waals surface area contributed by atoms with Crippen molar-refractivity contribution in [2.75, 3.05) is 12.3 Å². The average Bonchev–Trinajstić information content (AvgIpc) is 2.46. The van der Waals surface area contributed by atoms with Gasteiger partial charge in [0.25, 0.3) is 5.69 Å². The molecule has 1 amide bonds. The molecule has 0 saturated carbocycles. The summed E-state index contributed by atoms with van der Waals surface area (Å²) in [6.07, 6.45) is 2.12. The highest BCUT2D eigenvalue weighted by atomic mass is 32.2. The fourth-order valence-corrected chi connectivity index (χ4v) is 2.43. The van der Waals surface area contributed by atoms with Crippen LogP contribution in [0.5, 0.6) is 0 Å². The van der Waals surface area contributed by atoms with E-state index in [0.717, 1.165) is 17.7 Å². The van der Waals surface area contributed by atoms with Crippen molar-refractivity contribution in [2.45, 2.75) is 31.6 Å². The molecule has 1 aromatic carbocycles. The minimum Gasteiger partial charge on any atom is -0.355 e. The van der Waals surface area contributed by atoms with Gasteiger partial charge in [-0.3, -0.25) is 14.9 Å². The Balaban J connectivity index is 2.35. The number of nitro benzene ring substituents is 1. The zero-order valence-electron chi connectivity index (χ0n) is 11.8. The minimum absolute atomic E-state index is 0.000234. The molecule has 0 aromatic heterocycles. The second-order valence-electron chi connectivity index (χ2n) is 4.53. The van der Waals surface area contributed by atoms with Crippen molar-refractivity contribution in [1.29, 1.82) is 0 Å². The molecule has 0 unspecified atom stereocenters. The zero-order chi connectivity index (χ0) is 15.0. The molecule has 110 valence electrons. The number of benzene rings is 1. The standard InChI is InChI=1S/C14H20N2O3S/c1-3-11(4-2)9-15-14(17)10-20-13-7-5-12(6-8-13)16(18)19/h5-8,11H,3-4,9-10H2,1-2H3,(H,15,17). The fraction of sp³-hybridized carbons (Fsp3) is 0.500. The molecule has 0 bridgehead atoms. The predicted octanol–water partition coefficient (Wildman–Crippen LogP) is 3.24. The minimum atomic E-state index is -0.434. The number of nitro groups is 1. The van der Waals surface area contributed by atoms with E-state index in [2.05, 4.69) is 19.2 Å². The molecule has 0 fully saturated rings. The molecule has 0 aliphatic heterocycles. The van der Waals surface area contributed by atoms with Crippen molar-refractivity contribution in [3.63, 3.8) is 0 Å². The van der Waals surface area contributed by atoms with E-state index in [1.54, 1.807) is 12.1 Å². The van der Waals surface area contributed by atoms with Crippen LogP contribution in [0.4, 0.5) is 5.69 Å².